The van der Waals surface area contributed by atoms with Crippen molar-refractivity contribution >= 4 is 23.7 Å². The molecule has 7 heteroatoms. The molecule has 2 atom stereocenters. The fourth-order valence-electron chi connectivity index (χ4n) is 2.83. The number of hydrogen-bond donors (Lipinski definition) is 2. The maximum absolute atomic E-state index is 12.2. The highest BCUT2D eigenvalue weighted by Crippen LogP contribution is 2.31. The first kappa shape index (κ1) is 20.3. The van der Waals surface area contributed by atoms with Gasteiger partial charge in [-0.3, -0.25) is 0 Å². The number of amides is 1. The molecule has 0 radical (unpaired) electrons. The molecule has 0 saturated carbocycles. The van der Waals surface area contributed by atoms with E-state index < -0.39 is 24.2 Å². The number of esters is 1. The van der Waals surface area contributed by atoms with Gasteiger partial charge in [-0.25, -0.2) is 9.59 Å². The topological polar surface area (TPSA) is 84.9 Å². The average Bonchev–Trinajstić information content (AvgIpc) is 2.65. The first-order valence-electron chi connectivity index (χ1n) is 8.72. The second kappa shape index (κ2) is 10.2. The highest BCUT2D eigenvalue weighted by Gasteiger charge is 2.34. The maximum atomic E-state index is 12.2. The molecule has 1 amide bonds. The normalized spacial score (nSPS) is 16.6. The van der Waals surface area contributed by atoms with E-state index >= 15 is 0 Å². The standard InChI is InChI=1S/C19H24ClNO5/c1-2-25-18(23)17(22)16(14-10-6-7-11-15(14)20)21-19(24)26-12-13-8-4-3-5-9-13/h3-5,8-9,16-17,22H,2,6-7,10-12H2,1H3,(H,21,24)/t16-,17-/m0/s1. The summed E-state index contributed by atoms with van der Waals surface area (Å²) < 4.78 is 10.1. The van der Waals surface area contributed by atoms with Crippen molar-refractivity contribution < 1.29 is 24.2 Å². The van der Waals surface area contributed by atoms with E-state index in [0.717, 1.165) is 18.4 Å². The van der Waals surface area contributed by atoms with Gasteiger partial charge in [-0.1, -0.05) is 41.9 Å². The number of benzene rings is 1. The predicted octanol–water partition coefficient (Wildman–Crippen LogP) is 3.27. The van der Waals surface area contributed by atoms with Gasteiger partial charge in [-0.05, 0) is 43.7 Å². The molecular formula is C19H24ClNO5. The Balaban J connectivity index is 2.07. The van der Waals surface area contributed by atoms with Crippen molar-refractivity contribution in [2.45, 2.75) is 51.4 Å². The summed E-state index contributed by atoms with van der Waals surface area (Å²) in [4.78, 5) is 24.2. The first-order valence-corrected chi connectivity index (χ1v) is 9.10. The number of halogens is 1. The van der Waals surface area contributed by atoms with Crippen LogP contribution >= 0.6 is 11.6 Å². The highest BCUT2D eigenvalue weighted by atomic mass is 35.5. The van der Waals surface area contributed by atoms with Gasteiger partial charge in [0.05, 0.1) is 12.6 Å². The summed E-state index contributed by atoms with van der Waals surface area (Å²) in [7, 11) is 0. The molecule has 1 aliphatic carbocycles. The molecule has 0 fully saturated rings. The first-order chi connectivity index (χ1) is 12.5. The zero-order valence-corrected chi connectivity index (χ0v) is 15.5. The fraction of sp³-hybridized carbons (Fsp3) is 0.474. The minimum atomic E-state index is -1.54. The summed E-state index contributed by atoms with van der Waals surface area (Å²) in [5.41, 5.74) is 1.48. The summed E-state index contributed by atoms with van der Waals surface area (Å²) in [5, 5.41) is 13.5. The minimum absolute atomic E-state index is 0.0850. The smallest absolute Gasteiger partial charge is 0.408 e. The number of carbonyl (C=O) groups excluding carboxylic acids is 2. The number of aliphatic hydroxyl groups excluding tert-OH is 1. The number of hydrogen-bond acceptors (Lipinski definition) is 5. The zero-order chi connectivity index (χ0) is 18.9. The summed E-state index contributed by atoms with van der Waals surface area (Å²) in [6.45, 7) is 1.86. The van der Waals surface area contributed by atoms with Gasteiger partial charge in [0.25, 0.3) is 0 Å². The summed E-state index contributed by atoms with van der Waals surface area (Å²) in [6, 6.07) is 8.25. The number of carbonyl (C=O) groups is 2. The number of allylic oxidation sites excluding steroid dienone is 1. The van der Waals surface area contributed by atoms with Gasteiger partial charge >= 0.3 is 12.1 Å². The predicted molar refractivity (Wildman–Crippen MR) is 97.5 cm³/mol. The van der Waals surface area contributed by atoms with Crippen molar-refractivity contribution in [3.63, 3.8) is 0 Å². The SMILES string of the molecule is CCOC(=O)[C@@H](O)[C@@H](NC(=O)OCc1ccccc1)C1=C(Cl)CCCC1. The highest BCUT2D eigenvalue weighted by molar-refractivity contribution is 6.30. The van der Waals surface area contributed by atoms with Gasteiger partial charge in [-0.15, -0.1) is 0 Å². The third-order valence-corrected chi connectivity index (χ3v) is 4.58. The summed E-state index contributed by atoms with van der Waals surface area (Å²) in [5.74, 6) is -0.802. The molecule has 0 bridgehead atoms. The molecule has 26 heavy (non-hydrogen) atoms. The third-order valence-electron chi connectivity index (χ3n) is 4.15. The summed E-state index contributed by atoms with van der Waals surface area (Å²) >= 11 is 6.28. The second-order valence-electron chi connectivity index (χ2n) is 6.02. The van der Waals surface area contributed by atoms with Crippen molar-refractivity contribution in [2.24, 2.45) is 0 Å². The Kier molecular flexibility index (Phi) is 7.94. The quantitative estimate of drug-likeness (QED) is 0.708. The van der Waals surface area contributed by atoms with Gasteiger partial charge in [0.1, 0.15) is 6.61 Å². The van der Waals surface area contributed by atoms with Gasteiger partial charge in [0.15, 0.2) is 6.10 Å². The lowest BCUT2D eigenvalue weighted by atomic mass is 9.90. The molecule has 1 aromatic carbocycles. The number of ether oxygens (including phenoxy) is 2. The van der Waals surface area contributed by atoms with Crippen LogP contribution in [0, 0.1) is 0 Å². The van der Waals surface area contributed by atoms with Crippen LogP contribution in [0.5, 0.6) is 0 Å². The monoisotopic (exact) mass is 381 g/mol. The van der Waals surface area contributed by atoms with Gasteiger partial charge < -0.3 is 19.9 Å². The second-order valence-corrected chi connectivity index (χ2v) is 6.47. The summed E-state index contributed by atoms with van der Waals surface area (Å²) in [6.07, 6.45) is 0.787. The lowest BCUT2D eigenvalue weighted by molar-refractivity contribution is -0.153. The molecule has 0 unspecified atom stereocenters. The van der Waals surface area contributed by atoms with Crippen LogP contribution in [-0.2, 0) is 20.9 Å². The minimum Gasteiger partial charge on any atom is -0.464 e. The van der Waals surface area contributed by atoms with Crippen LogP contribution < -0.4 is 5.32 Å². The molecule has 0 spiro atoms. The van der Waals surface area contributed by atoms with Crippen LogP contribution in [0.2, 0.25) is 0 Å². The molecule has 142 valence electrons. The Morgan fingerprint density at radius 1 is 1.19 bits per heavy atom. The number of nitrogens with one attached hydrogen (secondary N) is 1. The van der Waals surface area contributed by atoms with Gasteiger partial charge in [-0.2, -0.15) is 0 Å². The zero-order valence-electron chi connectivity index (χ0n) is 14.7. The molecule has 6 nitrogen and oxygen atoms in total. The molecular weight excluding hydrogens is 358 g/mol. The Hall–Kier alpha value is -2.05. The molecule has 1 aromatic rings. The molecule has 2 rings (SSSR count). The van der Waals surface area contributed by atoms with E-state index in [4.69, 9.17) is 21.1 Å². The molecule has 0 heterocycles. The third kappa shape index (κ3) is 5.75. The van der Waals surface area contributed by atoms with Crippen LogP contribution in [0.4, 0.5) is 4.79 Å². The van der Waals surface area contributed by atoms with E-state index in [1.807, 2.05) is 30.3 Å². The fourth-order valence-corrected chi connectivity index (χ4v) is 3.17. The van der Waals surface area contributed by atoms with Crippen LogP contribution in [0.1, 0.15) is 38.2 Å². The Morgan fingerprint density at radius 2 is 1.88 bits per heavy atom. The molecule has 0 aromatic heterocycles. The Bertz CT molecular complexity index is 647. The number of aliphatic hydroxyl groups is 1. The van der Waals surface area contributed by atoms with Crippen molar-refractivity contribution in [1.29, 1.82) is 0 Å². The van der Waals surface area contributed by atoms with Crippen molar-refractivity contribution in [3.8, 4) is 0 Å². The maximum Gasteiger partial charge on any atom is 0.408 e. The van der Waals surface area contributed by atoms with Crippen LogP contribution in [0.25, 0.3) is 0 Å². The lowest BCUT2D eigenvalue weighted by Gasteiger charge is -2.28. The van der Waals surface area contributed by atoms with Crippen molar-refractivity contribution in [3.05, 3.63) is 46.5 Å². The van der Waals surface area contributed by atoms with Crippen LogP contribution in [0.3, 0.4) is 0 Å². The largest absolute Gasteiger partial charge is 0.464 e. The van der Waals surface area contributed by atoms with Gasteiger partial charge in [0, 0.05) is 5.03 Å². The van der Waals surface area contributed by atoms with E-state index in [1.54, 1.807) is 6.92 Å². The lowest BCUT2D eigenvalue weighted by Crippen LogP contribution is -2.49. The van der Waals surface area contributed by atoms with E-state index in [1.165, 1.54) is 0 Å². The molecule has 2 N–H and O–H groups in total. The average molecular weight is 382 g/mol. The van der Waals surface area contributed by atoms with Crippen LogP contribution in [-0.4, -0.2) is 35.9 Å². The molecule has 1 aliphatic rings. The van der Waals surface area contributed by atoms with E-state index in [0.29, 0.717) is 23.4 Å². The van der Waals surface area contributed by atoms with Crippen molar-refractivity contribution in [1.82, 2.24) is 5.32 Å². The van der Waals surface area contributed by atoms with Crippen LogP contribution in [0.15, 0.2) is 40.9 Å². The number of alkyl carbamates (subject to hydrolysis) is 1. The van der Waals surface area contributed by atoms with E-state index in [9.17, 15) is 14.7 Å². The van der Waals surface area contributed by atoms with E-state index in [2.05, 4.69) is 5.32 Å². The number of rotatable bonds is 7. The van der Waals surface area contributed by atoms with E-state index in [-0.39, 0.29) is 13.2 Å². The molecule has 0 saturated heterocycles. The van der Waals surface area contributed by atoms with Gasteiger partial charge in [0.2, 0.25) is 0 Å². The Labute approximate surface area is 158 Å². The Morgan fingerprint density at radius 3 is 2.54 bits per heavy atom. The van der Waals surface area contributed by atoms with Crippen molar-refractivity contribution in [2.75, 3.05) is 6.61 Å². The molecule has 0 aliphatic heterocycles.